The maximum Gasteiger partial charge on any atom is 0.338 e. The van der Waals surface area contributed by atoms with Crippen LogP contribution in [0.15, 0.2) is 77.7 Å². The first-order chi connectivity index (χ1) is 15.2. The molecule has 0 fully saturated rings. The molecule has 1 amide bonds. The molecule has 0 heterocycles. The Hall–Kier alpha value is -3.69. The predicted octanol–water partition coefficient (Wildman–Crippen LogP) is 2.22. The quantitative estimate of drug-likeness (QED) is 0.447. The number of phenolic OH excluding ortho intramolecular Hbond substituents is 1. The van der Waals surface area contributed by atoms with E-state index in [2.05, 4.69) is 5.32 Å². The highest BCUT2D eigenvalue weighted by molar-refractivity contribution is 7.89. The second-order valence-corrected chi connectivity index (χ2v) is 8.55. The lowest BCUT2D eigenvalue weighted by molar-refractivity contribution is -0.124. The number of nitrogens with two attached hydrogens (primary N) is 1. The van der Waals surface area contributed by atoms with E-state index in [4.69, 9.17) is 9.88 Å². The van der Waals surface area contributed by atoms with Crippen molar-refractivity contribution in [3.63, 3.8) is 0 Å². The first-order valence-corrected chi connectivity index (χ1v) is 11.2. The van der Waals surface area contributed by atoms with Gasteiger partial charge in [-0.1, -0.05) is 36.4 Å². The molecule has 8 nitrogen and oxygen atoms in total. The molecule has 0 saturated heterocycles. The average Bonchev–Trinajstić information content (AvgIpc) is 2.78. The van der Waals surface area contributed by atoms with Crippen LogP contribution in [-0.2, 0) is 26.0 Å². The van der Waals surface area contributed by atoms with Crippen LogP contribution >= 0.6 is 0 Å². The Kier molecular flexibility index (Phi) is 7.24. The van der Waals surface area contributed by atoms with Crippen LogP contribution in [-0.4, -0.2) is 38.6 Å². The molecule has 32 heavy (non-hydrogen) atoms. The summed E-state index contributed by atoms with van der Waals surface area (Å²) in [5.74, 6) is -0.886. The van der Waals surface area contributed by atoms with Crippen LogP contribution in [0.5, 0.6) is 5.75 Å². The Morgan fingerprint density at radius 2 is 1.44 bits per heavy atom. The van der Waals surface area contributed by atoms with Crippen LogP contribution in [0.1, 0.15) is 15.9 Å². The van der Waals surface area contributed by atoms with Crippen molar-refractivity contribution in [2.24, 2.45) is 5.14 Å². The number of hydrogen-bond acceptors (Lipinski definition) is 6. The number of carbonyl (C=O) groups excluding carboxylic acids is 2. The van der Waals surface area contributed by atoms with E-state index in [0.29, 0.717) is 18.5 Å². The van der Waals surface area contributed by atoms with E-state index in [-0.39, 0.29) is 10.6 Å². The summed E-state index contributed by atoms with van der Waals surface area (Å²) in [7, 11) is -3.74. The van der Waals surface area contributed by atoms with E-state index < -0.39 is 28.5 Å². The molecule has 166 valence electrons. The van der Waals surface area contributed by atoms with Gasteiger partial charge in [-0.25, -0.2) is 18.4 Å². The lowest BCUT2D eigenvalue weighted by Gasteiger charge is -2.08. The van der Waals surface area contributed by atoms with E-state index in [1.165, 1.54) is 12.1 Å². The molecule has 3 aromatic rings. The van der Waals surface area contributed by atoms with Crippen LogP contribution in [0.25, 0.3) is 11.1 Å². The third-order valence-corrected chi connectivity index (χ3v) is 5.57. The lowest BCUT2D eigenvalue weighted by atomic mass is 10.0. The fraction of sp³-hybridized carbons (Fsp3) is 0.130. The fourth-order valence-electron chi connectivity index (χ4n) is 2.91. The number of ether oxygens (including phenoxy) is 1. The van der Waals surface area contributed by atoms with Crippen LogP contribution in [0, 0.1) is 0 Å². The maximum absolute atomic E-state index is 12.2. The third-order valence-electron chi connectivity index (χ3n) is 4.64. The number of sulfonamides is 1. The maximum atomic E-state index is 12.2. The van der Waals surface area contributed by atoms with E-state index in [1.807, 2.05) is 0 Å². The van der Waals surface area contributed by atoms with Crippen molar-refractivity contribution in [2.75, 3.05) is 13.2 Å². The topological polar surface area (TPSA) is 136 Å². The van der Waals surface area contributed by atoms with Gasteiger partial charge in [0.2, 0.25) is 10.0 Å². The van der Waals surface area contributed by atoms with E-state index in [1.54, 1.807) is 60.7 Å². The molecule has 3 rings (SSSR count). The lowest BCUT2D eigenvalue weighted by Crippen LogP contribution is -2.30. The van der Waals surface area contributed by atoms with Gasteiger partial charge in [0, 0.05) is 6.54 Å². The van der Waals surface area contributed by atoms with Gasteiger partial charge < -0.3 is 15.2 Å². The number of aromatic hydroxyl groups is 1. The average molecular weight is 455 g/mol. The summed E-state index contributed by atoms with van der Waals surface area (Å²) in [5.41, 5.74) is 2.90. The number of amides is 1. The fourth-order valence-corrected chi connectivity index (χ4v) is 3.43. The van der Waals surface area contributed by atoms with Gasteiger partial charge in [-0.05, 0) is 59.5 Å². The minimum Gasteiger partial charge on any atom is -0.508 e. The van der Waals surface area contributed by atoms with Crippen LogP contribution in [0.3, 0.4) is 0 Å². The van der Waals surface area contributed by atoms with Crippen molar-refractivity contribution in [3.8, 4) is 16.9 Å². The molecule has 0 aliphatic heterocycles. The first-order valence-electron chi connectivity index (χ1n) is 9.67. The summed E-state index contributed by atoms with van der Waals surface area (Å²) in [6, 6.07) is 19.5. The Morgan fingerprint density at radius 1 is 0.875 bits per heavy atom. The van der Waals surface area contributed by atoms with E-state index in [9.17, 15) is 23.1 Å². The van der Waals surface area contributed by atoms with Crippen LogP contribution < -0.4 is 10.5 Å². The van der Waals surface area contributed by atoms with Gasteiger partial charge in [-0.2, -0.15) is 0 Å². The van der Waals surface area contributed by atoms with Gasteiger partial charge in [-0.3, -0.25) is 4.79 Å². The Balaban J connectivity index is 1.43. The van der Waals surface area contributed by atoms with Crippen molar-refractivity contribution >= 4 is 21.9 Å². The van der Waals surface area contributed by atoms with Crippen LogP contribution in [0.4, 0.5) is 0 Å². The Bertz CT molecular complexity index is 1190. The number of phenols is 1. The summed E-state index contributed by atoms with van der Waals surface area (Å²) in [5, 5.41) is 17.0. The highest BCUT2D eigenvalue weighted by Gasteiger charge is 2.11. The zero-order valence-corrected chi connectivity index (χ0v) is 17.8. The largest absolute Gasteiger partial charge is 0.508 e. The molecule has 0 radical (unpaired) electrons. The van der Waals surface area contributed by atoms with Gasteiger partial charge in [0.05, 0.1) is 10.5 Å². The summed E-state index contributed by atoms with van der Waals surface area (Å²) in [6.07, 6.45) is 0.476. The number of carbonyl (C=O) groups is 2. The second-order valence-electron chi connectivity index (χ2n) is 6.99. The molecule has 0 saturated carbocycles. The monoisotopic (exact) mass is 454 g/mol. The molecular weight excluding hydrogens is 432 g/mol. The van der Waals surface area contributed by atoms with Crippen molar-refractivity contribution in [2.45, 2.75) is 11.3 Å². The zero-order valence-electron chi connectivity index (χ0n) is 17.0. The van der Waals surface area contributed by atoms with E-state index >= 15 is 0 Å². The molecule has 0 spiro atoms. The SMILES string of the molecule is NS(=O)(=O)c1ccc(CCNC(=O)COC(=O)c2ccc(-c3ccc(O)cc3)cc2)cc1. The number of primary sulfonamides is 1. The van der Waals surface area contributed by atoms with Crippen molar-refractivity contribution < 1.29 is 27.9 Å². The summed E-state index contributed by atoms with van der Waals surface area (Å²) in [4.78, 5) is 24.1. The normalized spacial score (nSPS) is 11.0. The molecule has 3 aromatic carbocycles. The van der Waals surface area contributed by atoms with Crippen molar-refractivity contribution in [3.05, 3.63) is 83.9 Å². The standard InChI is InChI=1S/C23H22N2O6S/c24-32(29,30)21-11-1-16(2-12-21)13-14-25-22(27)15-31-23(28)19-5-3-17(4-6-19)18-7-9-20(26)10-8-18/h1-12,26H,13-15H2,(H,25,27)(H2,24,29,30). The molecular formula is C23H22N2O6S. The number of hydrogen-bond donors (Lipinski definition) is 3. The molecule has 4 N–H and O–H groups in total. The highest BCUT2D eigenvalue weighted by Crippen LogP contribution is 2.22. The van der Waals surface area contributed by atoms with Crippen molar-refractivity contribution in [1.29, 1.82) is 0 Å². The van der Waals surface area contributed by atoms with Gasteiger partial charge in [0.25, 0.3) is 5.91 Å². The Labute approximate surface area is 185 Å². The Morgan fingerprint density at radius 3 is 2.00 bits per heavy atom. The molecule has 0 aromatic heterocycles. The molecule has 0 atom stereocenters. The molecule has 0 aliphatic carbocycles. The van der Waals surface area contributed by atoms with E-state index in [0.717, 1.165) is 16.7 Å². The van der Waals surface area contributed by atoms with Gasteiger partial charge in [0.1, 0.15) is 5.75 Å². The zero-order chi connectivity index (χ0) is 23.1. The minimum absolute atomic E-state index is 0.0216. The minimum atomic E-state index is -3.74. The summed E-state index contributed by atoms with van der Waals surface area (Å²) in [6.45, 7) is -0.116. The third kappa shape index (κ3) is 6.40. The molecule has 9 heteroatoms. The number of esters is 1. The van der Waals surface area contributed by atoms with Gasteiger partial charge >= 0.3 is 5.97 Å². The van der Waals surface area contributed by atoms with Gasteiger partial charge in [-0.15, -0.1) is 0 Å². The molecule has 0 unspecified atom stereocenters. The van der Waals surface area contributed by atoms with Crippen LogP contribution in [0.2, 0.25) is 0 Å². The highest BCUT2D eigenvalue weighted by atomic mass is 32.2. The first kappa shape index (κ1) is 23.0. The number of benzene rings is 3. The number of nitrogens with one attached hydrogen (secondary N) is 1. The van der Waals surface area contributed by atoms with Crippen molar-refractivity contribution in [1.82, 2.24) is 5.32 Å². The number of rotatable bonds is 8. The van der Waals surface area contributed by atoms with Gasteiger partial charge in [0.15, 0.2) is 6.61 Å². The second kappa shape index (κ2) is 10.1. The predicted molar refractivity (Wildman–Crippen MR) is 118 cm³/mol. The summed E-state index contributed by atoms with van der Waals surface area (Å²) < 4.78 is 27.5. The molecule has 0 aliphatic rings. The smallest absolute Gasteiger partial charge is 0.338 e. The summed E-state index contributed by atoms with van der Waals surface area (Å²) >= 11 is 0. The molecule has 0 bridgehead atoms.